The van der Waals surface area contributed by atoms with Gasteiger partial charge >= 0.3 is 0 Å². The summed E-state index contributed by atoms with van der Waals surface area (Å²) < 4.78 is 10.7. The standard InChI is InChI=1S/C27H24N4O3S2/c1-17-7-10-19(11-8-17)25-21(29-26(36-25)20-5-3-2-4-6-20)14-24(32)30-31-27(35)28-15-18-9-12-22-23(13-18)34-16-33-22/h2-13H,14-16H2,1H3,(H,30,32)(H2,28,31,35). The van der Waals surface area contributed by atoms with E-state index >= 15 is 0 Å². The van der Waals surface area contributed by atoms with E-state index in [4.69, 9.17) is 26.7 Å². The number of fused-ring (bicyclic) bond motifs is 1. The Hall–Kier alpha value is -3.95. The van der Waals surface area contributed by atoms with Gasteiger partial charge in [-0.2, -0.15) is 0 Å². The summed E-state index contributed by atoms with van der Waals surface area (Å²) in [6.07, 6.45) is 0.115. The maximum Gasteiger partial charge on any atom is 0.244 e. The molecule has 0 radical (unpaired) electrons. The zero-order valence-corrected chi connectivity index (χ0v) is 21.2. The zero-order chi connectivity index (χ0) is 24.9. The van der Waals surface area contributed by atoms with Crippen LogP contribution >= 0.6 is 23.6 Å². The van der Waals surface area contributed by atoms with Crippen molar-refractivity contribution in [3.05, 3.63) is 89.6 Å². The van der Waals surface area contributed by atoms with Crippen LogP contribution in [0.4, 0.5) is 0 Å². The number of carbonyl (C=O) groups is 1. The number of ether oxygens (including phenoxy) is 2. The van der Waals surface area contributed by atoms with Crippen LogP contribution in [0.5, 0.6) is 11.5 Å². The number of benzene rings is 3. The molecule has 1 amide bonds. The van der Waals surface area contributed by atoms with E-state index in [2.05, 4.69) is 47.4 Å². The van der Waals surface area contributed by atoms with E-state index in [1.807, 2.05) is 48.5 Å². The smallest absolute Gasteiger partial charge is 0.244 e. The highest BCUT2D eigenvalue weighted by atomic mass is 32.1. The molecule has 0 aliphatic carbocycles. The third-order valence-electron chi connectivity index (χ3n) is 5.57. The van der Waals surface area contributed by atoms with Crippen molar-refractivity contribution in [2.45, 2.75) is 19.9 Å². The first-order valence-electron chi connectivity index (χ1n) is 11.4. The molecule has 2 heterocycles. The van der Waals surface area contributed by atoms with E-state index in [0.717, 1.165) is 38.0 Å². The Morgan fingerprint density at radius 2 is 1.75 bits per heavy atom. The largest absolute Gasteiger partial charge is 0.454 e. The van der Waals surface area contributed by atoms with Gasteiger partial charge in [-0.3, -0.25) is 15.6 Å². The minimum Gasteiger partial charge on any atom is -0.454 e. The Morgan fingerprint density at radius 1 is 0.972 bits per heavy atom. The quantitative estimate of drug-likeness (QED) is 0.252. The van der Waals surface area contributed by atoms with E-state index in [9.17, 15) is 4.79 Å². The molecule has 0 unspecified atom stereocenters. The summed E-state index contributed by atoms with van der Waals surface area (Å²) in [5.74, 6) is 1.21. The van der Waals surface area contributed by atoms with Gasteiger partial charge in [-0.25, -0.2) is 4.98 Å². The molecular formula is C27H24N4O3S2. The monoisotopic (exact) mass is 516 g/mol. The molecule has 7 nitrogen and oxygen atoms in total. The van der Waals surface area contributed by atoms with Gasteiger partial charge < -0.3 is 14.8 Å². The van der Waals surface area contributed by atoms with Crippen LogP contribution in [0.15, 0.2) is 72.8 Å². The van der Waals surface area contributed by atoms with Crippen LogP contribution in [0.3, 0.4) is 0 Å². The van der Waals surface area contributed by atoms with Crippen LogP contribution in [-0.2, 0) is 17.8 Å². The van der Waals surface area contributed by atoms with Gasteiger partial charge in [-0.1, -0.05) is 66.2 Å². The number of hydrogen-bond donors (Lipinski definition) is 3. The van der Waals surface area contributed by atoms with E-state index in [-0.39, 0.29) is 19.1 Å². The second-order valence-corrected chi connectivity index (χ2v) is 9.65. The third kappa shape index (κ3) is 5.64. The van der Waals surface area contributed by atoms with Crippen LogP contribution in [-0.4, -0.2) is 22.8 Å². The first kappa shape index (κ1) is 23.8. The summed E-state index contributed by atoms with van der Waals surface area (Å²) >= 11 is 6.89. The molecule has 3 N–H and O–H groups in total. The molecule has 0 spiro atoms. The predicted molar refractivity (Wildman–Crippen MR) is 145 cm³/mol. The fourth-order valence-corrected chi connectivity index (χ4v) is 4.92. The molecule has 0 saturated carbocycles. The number of nitrogens with zero attached hydrogens (tertiary/aromatic N) is 1. The third-order valence-corrected chi connectivity index (χ3v) is 7.01. The molecular weight excluding hydrogens is 492 g/mol. The Balaban J connectivity index is 1.22. The lowest BCUT2D eigenvalue weighted by Crippen LogP contribution is -2.47. The Kier molecular flexibility index (Phi) is 7.11. The van der Waals surface area contributed by atoms with Gasteiger partial charge in [0.05, 0.1) is 17.0 Å². The molecule has 0 fully saturated rings. The number of rotatable bonds is 6. The molecule has 1 aromatic heterocycles. The SMILES string of the molecule is Cc1ccc(-c2sc(-c3ccccc3)nc2CC(=O)NNC(=S)NCc2ccc3c(c2)OCO3)cc1. The van der Waals surface area contributed by atoms with Gasteiger partial charge in [-0.05, 0) is 42.4 Å². The summed E-state index contributed by atoms with van der Waals surface area (Å²) in [4.78, 5) is 18.6. The minimum absolute atomic E-state index is 0.115. The molecule has 3 aromatic carbocycles. The van der Waals surface area contributed by atoms with Crippen molar-refractivity contribution in [3.8, 4) is 32.5 Å². The van der Waals surface area contributed by atoms with Gasteiger partial charge in [0.2, 0.25) is 12.7 Å². The van der Waals surface area contributed by atoms with Crippen LogP contribution in [0.2, 0.25) is 0 Å². The first-order valence-corrected chi connectivity index (χ1v) is 12.6. The highest BCUT2D eigenvalue weighted by Gasteiger charge is 2.18. The number of carbonyl (C=O) groups excluding carboxylic acids is 1. The number of hydrogen-bond acceptors (Lipinski definition) is 6. The zero-order valence-electron chi connectivity index (χ0n) is 19.5. The molecule has 4 aromatic rings. The molecule has 0 atom stereocenters. The van der Waals surface area contributed by atoms with Gasteiger partial charge in [0.1, 0.15) is 5.01 Å². The summed E-state index contributed by atoms with van der Waals surface area (Å²) in [6, 6.07) is 23.9. The van der Waals surface area contributed by atoms with Crippen molar-refractivity contribution < 1.29 is 14.3 Å². The summed E-state index contributed by atoms with van der Waals surface area (Å²) in [7, 11) is 0. The Labute approximate surface area is 218 Å². The number of nitrogens with one attached hydrogen (secondary N) is 3. The molecule has 36 heavy (non-hydrogen) atoms. The summed E-state index contributed by atoms with van der Waals surface area (Å²) in [5.41, 5.74) is 10.4. The average molecular weight is 517 g/mol. The topological polar surface area (TPSA) is 84.5 Å². The normalized spacial score (nSPS) is 11.7. The van der Waals surface area contributed by atoms with Gasteiger partial charge in [-0.15, -0.1) is 11.3 Å². The highest BCUT2D eigenvalue weighted by molar-refractivity contribution is 7.80. The number of aryl methyl sites for hydroxylation is 1. The van der Waals surface area contributed by atoms with Gasteiger partial charge in [0.15, 0.2) is 16.6 Å². The number of thiocarbonyl (C=S) groups is 1. The average Bonchev–Trinajstić information content (AvgIpc) is 3.54. The van der Waals surface area contributed by atoms with E-state index in [1.165, 1.54) is 5.56 Å². The fraction of sp³-hybridized carbons (Fsp3) is 0.148. The van der Waals surface area contributed by atoms with Crippen molar-refractivity contribution >= 4 is 34.6 Å². The molecule has 5 rings (SSSR count). The van der Waals surface area contributed by atoms with Crippen LogP contribution < -0.4 is 25.6 Å². The maximum atomic E-state index is 12.8. The van der Waals surface area contributed by atoms with Crippen molar-refractivity contribution in [2.75, 3.05) is 6.79 Å². The van der Waals surface area contributed by atoms with Gasteiger partial charge in [0, 0.05) is 12.1 Å². The van der Waals surface area contributed by atoms with Gasteiger partial charge in [0.25, 0.3) is 0 Å². The van der Waals surface area contributed by atoms with Crippen LogP contribution in [0.25, 0.3) is 21.0 Å². The lowest BCUT2D eigenvalue weighted by molar-refractivity contribution is -0.121. The number of thiazole rings is 1. The van der Waals surface area contributed by atoms with E-state index in [1.54, 1.807) is 11.3 Å². The number of amides is 1. The van der Waals surface area contributed by atoms with E-state index in [0.29, 0.717) is 17.4 Å². The molecule has 9 heteroatoms. The van der Waals surface area contributed by atoms with Crippen molar-refractivity contribution in [2.24, 2.45) is 0 Å². The first-order chi connectivity index (χ1) is 17.5. The molecule has 182 valence electrons. The van der Waals surface area contributed by atoms with Crippen molar-refractivity contribution in [3.63, 3.8) is 0 Å². The molecule has 1 aliphatic rings. The Morgan fingerprint density at radius 3 is 2.56 bits per heavy atom. The number of aromatic nitrogens is 1. The predicted octanol–water partition coefficient (Wildman–Crippen LogP) is 4.75. The van der Waals surface area contributed by atoms with Crippen LogP contribution in [0.1, 0.15) is 16.8 Å². The van der Waals surface area contributed by atoms with Crippen molar-refractivity contribution in [1.29, 1.82) is 0 Å². The summed E-state index contributed by atoms with van der Waals surface area (Å²) in [5, 5.41) is 4.26. The fourth-order valence-electron chi connectivity index (χ4n) is 3.71. The second kappa shape index (κ2) is 10.8. The Bertz CT molecular complexity index is 1390. The highest BCUT2D eigenvalue weighted by Crippen LogP contribution is 2.36. The number of hydrazine groups is 1. The van der Waals surface area contributed by atoms with Crippen LogP contribution in [0, 0.1) is 6.92 Å². The maximum absolute atomic E-state index is 12.8. The van der Waals surface area contributed by atoms with Crippen molar-refractivity contribution in [1.82, 2.24) is 21.2 Å². The molecule has 1 aliphatic heterocycles. The molecule has 0 saturated heterocycles. The lowest BCUT2D eigenvalue weighted by atomic mass is 10.1. The minimum atomic E-state index is -0.236. The lowest BCUT2D eigenvalue weighted by Gasteiger charge is -2.12. The second-order valence-electron chi connectivity index (χ2n) is 8.25. The van der Waals surface area contributed by atoms with E-state index < -0.39 is 0 Å². The molecule has 0 bridgehead atoms. The summed E-state index contributed by atoms with van der Waals surface area (Å²) in [6.45, 7) is 2.76.